The maximum atomic E-state index is 12.9. The Labute approximate surface area is 185 Å². The highest BCUT2D eigenvalue weighted by atomic mass is 16.5. The molecule has 5 heterocycles. The molecule has 162 valence electrons. The first-order chi connectivity index (χ1) is 15.6. The van der Waals surface area contributed by atoms with Crippen LogP contribution in [0, 0.1) is 0 Å². The molecule has 32 heavy (non-hydrogen) atoms. The Morgan fingerprint density at radius 1 is 1.09 bits per heavy atom. The minimum absolute atomic E-state index is 0.0369. The van der Waals surface area contributed by atoms with Gasteiger partial charge in [-0.25, -0.2) is 9.97 Å². The Morgan fingerprint density at radius 2 is 1.88 bits per heavy atom. The summed E-state index contributed by atoms with van der Waals surface area (Å²) in [5, 5.41) is 5.20. The SMILES string of the molecule is COc1nn(C)cc1C(=O)N1CCC(c2ccc3cc(-c4ccncc4)cnc3n2)CC1. The van der Waals surface area contributed by atoms with E-state index in [4.69, 9.17) is 9.72 Å². The number of pyridine rings is 3. The molecule has 0 radical (unpaired) electrons. The largest absolute Gasteiger partial charge is 0.479 e. The highest BCUT2D eigenvalue weighted by molar-refractivity contribution is 5.96. The highest BCUT2D eigenvalue weighted by Gasteiger charge is 2.28. The second-order valence-electron chi connectivity index (χ2n) is 8.03. The van der Waals surface area contributed by atoms with Crippen LogP contribution in [0.1, 0.15) is 34.8 Å². The van der Waals surface area contributed by atoms with Gasteiger partial charge in [0.25, 0.3) is 5.91 Å². The molecule has 1 saturated heterocycles. The van der Waals surface area contributed by atoms with Crippen molar-refractivity contribution in [3.05, 3.63) is 66.4 Å². The third-order valence-corrected chi connectivity index (χ3v) is 6.00. The van der Waals surface area contributed by atoms with Crippen molar-refractivity contribution in [2.75, 3.05) is 20.2 Å². The quantitative estimate of drug-likeness (QED) is 0.495. The Kier molecular flexibility index (Phi) is 5.26. The molecular weight excluding hydrogens is 404 g/mol. The second-order valence-corrected chi connectivity index (χ2v) is 8.03. The van der Waals surface area contributed by atoms with Crippen molar-refractivity contribution >= 4 is 16.9 Å². The van der Waals surface area contributed by atoms with Crippen molar-refractivity contribution in [3.8, 4) is 17.0 Å². The number of likely N-dealkylation sites (tertiary alicyclic amines) is 1. The van der Waals surface area contributed by atoms with Gasteiger partial charge in [-0.15, -0.1) is 5.10 Å². The summed E-state index contributed by atoms with van der Waals surface area (Å²) in [4.78, 5) is 28.3. The number of hydrogen-bond acceptors (Lipinski definition) is 6. The summed E-state index contributed by atoms with van der Waals surface area (Å²) in [5.41, 5.74) is 4.42. The molecule has 0 saturated carbocycles. The average molecular weight is 428 g/mol. The molecule has 0 bridgehead atoms. The predicted molar refractivity (Wildman–Crippen MR) is 120 cm³/mol. The van der Waals surface area contributed by atoms with Crippen LogP contribution >= 0.6 is 0 Å². The number of carbonyl (C=O) groups is 1. The van der Waals surface area contributed by atoms with Crippen LogP contribution in [0.5, 0.6) is 5.88 Å². The first-order valence-electron chi connectivity index (χ1n) is 10.7. The van der Waals surface area contributed by atoms with Crippen LogP contribution in [0.4, 0.5) is 0 Å². The lowest BCUT2D eigenvalue weighted by molar-refractivity contribution is 0.0708. The molecule has 4 aromatic heterocycles. The summed E-state index contributed by atoms with van der Waals surface area (Å²) in [6.45, 7) is 1.35. The van der Waals surface area contributed by atoms with E-state index in [1.807, 2.05) is 23.2 Å². The average Bonchev–Trinajstić information content (AvgIpc) is 3.24. The molecule has 1 fully saturated rings. The van der Waals surface area contributed by atoms with E-state index in [2.05, 4.69) is 33.3 Å². The van der Waals surface area contributed by atoms with E-state index in [0.717, 1.165) is 40.7 Å². The van der Waals surface area contributed by atoms with Gasteiger partial charge < -0.3 is 9.64 Å². The maximum Gasteiger partial charge on any atom is 0.260 e. The van der Waals surface area contributed by atoms with E-state index in [1.165, 1.54) is 7.11 Å². The highest BCUT2D eigenvalue weighted by Crippen LogP contribution is 2.30. The molecule has 8 nitrogen and oxygen atoms in total. The van der Waals surface area contributed by atoms with Crippen molar-refractivity contribution in [1.82, 2.24) is 29.6 Å². The van der Waals surface area contributed by atoms with E-state index < -0.39 is 0 Å². The fraction of sp³-hybridized carbons (Fsp3) is 0.292. The second kappa shape index (κ2) is 8.37. The first kappa shape index (κ1) is 20.1. The zero-order valence-electron chi connectivity index (χ0n) is 18.1. The number of fused-ring (bicyclic) bond motifs is 1. The Morgan fingerprint density at radius 3 is 2.62 bits per heavy atom. The minimum Gasteiger partial charge on any atom is -0.479 e. The number of aromatic nitrogens is 5. The van der Waals surface area contributed by atoms with E-state index in [1.54, 1.807) is 30.3 Å². The van der Waals surface area contributed by atoms with Gasteiger partial charge in [0.05, 0.1) is 7.11 Å². The summed E-state index contributed by atoms with van der Waals surface area (Å²) in [6, 6.07) is 10.2. The summed E-state index contributed by atoms with van der Waals surface area (Å²) in [5.74, 6) is 0.638. The molecule has 0 aromatic carbocycles. The van der Waals surface area contributed by atoms with Gasteiger partial charge in [0, 0.05) is 67.5 Å². The minimum atomic E-state index is -0.0369. The number of hydrogen-bond donors (Lipinski definition) is 0. The number of carbonyl (C=O) groups excluding carboxylic acids is 1. The Balaban J connectivity index is 1.30. The number of methoxy groups -OCH3 is 1. The molecule has 8 heteroatoms. The van der Waals surface area contributed by atoms with E-state index >= 15 is 0 Å². The van der Waals surface area contributed by atoms with Crippen molar-refractivity contribution in [3.63, 3.8) is 0 Å². The predicted octanol–water partition coefficient (Wildman–Crippen LogP) is 3.45. The molecule has 1 aliphatic rings. The van der Waals surface area contributed by atoms with Gasteiger partial charge in [0.2, 0.25) is 5.88 Å². The van der Waals surface area contributed by atoms with Gasteiger partial charge in [-0.2, -0.15) is 0 Å². The third-order valence-electron chi connectivity index (χ3n) is 6.00. The van der Waals surface area contributed by atoms with Crippen LogP contribution in [0.15, 0.2) is 55.1 Å². The van der Waals surface area contributed by atoms with Crippen molar-refractivity contribution < 1.29 is 9.53 Å². The van der Waals surface area contributed by atoms with Crippen LogP contribution in [-0.4, -0.2) is 55.7 Å². The fourth-order valence-corrected chi connectivity index (χ4v) is 4.27. The summed E-state index contributed by atoms with van der Waals surface area (Å²) in [6.07, 6.45) is 8.86. The van der Waals surface area contributed by atoms with Crippen LogP contribution in [0.25, 0.3) is 22.2 Å². The zero-order chi connectivity index (χ0) is 22.1. The molecule has 1 aliphatic heterocycles. The summed E-state index contributed by atoms with van der Waals surface area (Å²) < 4.78 is 6.85. The Bertz CT molecular complexity index is 1260. The lowest BCUT2D eigenvalue weighted by Gasteiger charge is -2.31. The van der Waals surface area contributed by atoms with Crippen LogP contribution in [0.2, 0.25) is 0 Å². The van der Waals surface area contributed by atoms with Gasteiger partial charge >= 0.3 is 0 Å². The lowest BCUT2D eigenvalue weighted by Crippen LogP contribution is -2.38. The van der Waals surface area contributed by atoms with E-state index in [0.29, 0.717) is 30.5 Å². The molecular formula is C24H24N6O2. The number of ether oxygens (including phenoxy) is 1. The molecule has 1 amide bonds. The van der Waals surface area contributed by atoms with Gasteiger partial charge in [-0.1, -0.05) is 0 Å². The number of nitrogens with zero attached hydrogens (tertiary/aromatic N) is 6. The molecule has 0 unspecified atom stereocenters. The van der Waals surface area contributed by atoms with Crippen molar-refractivity contribution in [2.45, 2.75) is 18.8 Å². The van der Waals surface area contributed by atoms with E-state index in [9.17, 15) is 4.79 Å². The molecule has 0 aliphatic carbocycles. The number of piperidine rings is 1. The normalized spacial score (nSPS) is 14.6. The smallest absolute Gasteiger partial charge is 0.260 e. The number of amides is 1. The monoisotopic (exact) mass is 428 g/mol. The topological polar surface area (TPSA) is 86.0 Å². The molecule has 0 N–H and O–H groups in total. The summed E-state index contributed by atoms with van der Waals surface area (Å²) >= 11 is 0. The summed E-state index contributed by atoms with van der Waals surface area (Å²) in [7, 11) is 3.32. The fourth-order valence-electron chi connectivity index (χ4n) is 4.27. The lowest BCUT2D eigenvalue weighted by atomic mass is 9.92. The van der Waals surface area contributed by atoms with Crippen molar-refractivity contribution in [2.24, 2.45) is 7.05 Å². The standard InChI is InChI=1S/C24H24N6O2/c1-29-15-20(23(28-29)32-2)24(31)30-11-7-17(8-12-30)21-4-3-18-13-19(14-26-22(18)27-21)16-5-9-25-10-6-16/h3-6,9-10,13-15,17H,7-8,11-12H2,1-2H3. The number of rotatable bonds is 4. The van der Waals surface area contributed by atoms with Crippen molar-refractivity contribution in [1.29, 1.82) is 0 Å². The molecule has 5 rings (SSSR count). The molecule has 4 aromatic rings. The zero-order valence-corrected chi connectivity index (χ0v) is 18.1. The Hall–Kier alpha value is -3.81. The van der Waals surface area contributed by atoms with Gasteiger partial charge in [-0.3, -0.25) is 14.5 Å². The van der Waals surface area contributed by atoms with Crippen LogP contribution in [-0.2, 0) is 7.05 Å². The first-order valence-corrected chi connectivity index (χ1v) is 10.7. The van der Waals surface area contributed by atoms with Crippen LogP contribution in [0.3, 0.4) is 0 Å². The van der Waals surface area contributed by atoms with Gasteiger partial charge in [0.15, 0.2) is 5.65 Å². The van der Waals surface area contributed by atoms with Gasteiger partial charge in [0.1, 0.15) is 5.56 Å². The van der Waals surface area contributed by atoms with Gasteiger partial charge in [-0.05, 0) is 48.7 Å². The van der Waals surface area contributed by atoms with Crippen LogP contribution < -0.4 is 4.74 Å². The van der Waals surface area contributed by atoms with E-state index in [-0.39, 0.29) is 5.91 Å². The molecule has 0 spiro atoms. The number of aryl methyl sites for hydroxylation is 1. The molecule has 0 atom stereocenters. The third kappa shape index (κ3) is 3.79. The maximum absolute atomic E-state index is 12.9.